The molecule has 0 radical (unpaired) electrons. The highest BCUT2D eigenvalue weighted by atomic mass is 16.5. The van der Waals surface area contributed by atoms with Crippen molar-refractivity contribution in [1.82, 2.24) is 4.90 Å². The van der Waals surface area contributed by atoms with Crippen LogP contribution >= 0.6 is 0 Å². The van der Waals surface area contributed by atoms with E-state index in [1.807, 2.05) is 24.3 Å². The summed E-state index contributed by atoms with van der Waals surface area (Å²) in [5, 5.41) is 0.519. The second-order valence-electron chi connectivity index (χ2n) is 6.99. The van der Waals surface area contributed by atoms with Gasteiger partial charge in [-0.2, -0.15) is 0 Å². The maximum Gasteiger partial charge on any atom is 0.200 e. The van der Waals surface area contributed by atoms with Crippen molar-refractivity contribution < 1.29 is 13.9 Å². The summed E-state index contributed by atoms with van der Waals surface area (Å²) < 4.78 is 16.6. The van der Waals surface area contributed by atoms with E-state index in [0.717, 1.165) is 30.9 Å². The van der Waals surface area contributed by atoms with E-state index in [1.165, 1.54) is 19.1 Å². The molecule has 1 aromatic heterocycles. The van der Waals surface area contributed by atoms with Gasteiger partial charge in [0.05, 0.1) is 24.6 Å². The van der Waals surface area contributed by atoms with Crippen LogP contribution in [0, 0.1) is 11.8 Å². The van der Waals surface area contributed by atoms with Crippen molar-refractivity contribution in [3.05, 3.63) is 59.0 Å². The van der Waals surface area contributed by atoms with Gasteiger partial charge in [-0.3, -0.25) is 9.69 Å². The van der Waals surface area contributed by atoms with Crippen molar-refractivity contribution in [1.29, 1.82) is 0 Å². The third-order valence-electron chi connectivity index (χ3n) is 5.08. The van der Waals surface area contributed by atoms with Gasteiger partial charge in [-0.05, 0) is 55.8 Å². The molecular weight excluding hydrogens is 366 g/mol. The van der Waals surface area contributed by atoms with E-state index in [-0.39, 0.29) is 5.43 Å². The maximum atomic E-state index is 12.9. The van der Waals surface area contributed by atoms with Gasteiger partial charge >= 0.3 is 0 Å². The van der Waals surface area contributed by atoms with Gasteiger partial charge in [0.25, 0.3) is 0 Å². The molecular formula is C24H23NO4. The Hall–Kier alpha value is -3.23. The van der Waals surface area contributed by atoms with Crippen LogP contribution in [0.15, 0.2) is 57.9 Å². The van der Waals surface area contributed by atoms with Crippen molar-refractivity contribution in [2.45, 2.75) is 12.8 Å². The first-order valence-electron chi connectivity index (χ1n) is 9.75. The highest BCUT2D eigenvalue weighted by Gasteiger charge is 2.11. The number of fused-ring (bicyclic) bond motifs is 1. The Morgan fingerprint density at radius 1 is 1.03 bits per heavy atom. The Balaban J connectivity index is 1.47. The minimum absolute atomic E-state index is 0.0756. The van der Waals surface area contributed by atoms with Crippen molar-refractivity contribution >= 4 is 11.0 Å². The Morgan fingerprint density at radius 3 is 2.55 bits per heavy atom. The van der Waals surface area contributed by atoms with E-state index in [4.69, 9.17) is 13.9 Å². The van der Waals surface area contributed by atoms with Gasteiger partial charge < -0.3 is 13.9 Å². The molecule has 0 spiro atoms. The van der Waals surface area contributed by atoms with Crippen LogP contribution in [0.3, 0.4) is 0 Å². The fraction of sp³-hybridized carbons (Fsp3) is 0.292. The standard InChI is InChI=1S/C24H23NO4/c1-27-19-8-6-18(7-9-19)22-17-29-23-16-20(10-11-21(23)24(22)26)28-15-5-4-14-25-12-2-3-13-25/h6-11,16-17H,2-3,12-15H2,1H3. The summed E-state index contributed by atoms with van der Waals surface area (Å²) in [5.74, 6) is 7.56. The summed E-state index contributed by atoms with van der Waals surface area (Å²) in [7, 11) is 1.61. The highest BCUT2D eigenvalue weighted by Crippen LogP contribution is 2.24. The lowest BCUT2D eigenvalue weighted by Crippen LogP contribution is -2.19. The van der Waals surface area contributed by atoms with Crippen LogP contribution in [-0.2, 0) is 0 Å². The zero-order chi connectivity index (χ0) is 20.1. The summed E-state index contributed by atoms with van der Waals surface area (Å²) in [6.07, 6.45) is 4.02. The van der Waals surface area contributed by atoms with Crippen LogP contribution < -0.4 is 14.9 Å². The van der Waals surface area contributed by atoms with Crippen LogP contribution in [0.5, 0.6) is 11.5 Å². The summed E-state index contributed by atoms with van der Waals surface area (Å²) in [4.78, 5) is 15.2. The summed E-state index contributed by atoms with van der Waals surface area (Å²) in [6.45, 7) is 3.38. The van der Waals surface area contributed by atoms with Gasteiger partial charge in [0.15, 0.2) is 5.43 Å². The summed E-state index contributed by atoms with van der Waals surface area (Å²) in [5.41, 5.74) is 1.72. The second-order valence-corrected chi connectivity index (χ2v) is 6.99. The average molecular weight is 389 g/mol. The van der Waals surface area contributed by atoms with E-state index >= 15 is 0 Å². The number of methoxy groups -OCH3 is 1. The second kappa shape index (κ2) is 8.85. The maximum absolute atomic E-state index is 12.9. The Bertz CT molecular complexity index is 1100. The minimum atomic E-state index is -0.0756. The number of ether oxygens (including phenoxy) is 2. The van der Waals surface area contributed by atoms with Crippen LogP contribution in [0.1, 0.15) is 12.8 Å². The zero-order valence-corrected chi connectivity index (χ0v) is 16.4. The lowest BCUT2D eigenvalue weighted by atomic mass is 10.1. The molecule has 1 aliphatic rings. The molecule has 0 saturated carbocycles. The molecule has 0 unspecified atom stereocenters. The Morgan fingerprint density at radius 2 is 1.79 bits per heavy atom. The third-order valence-corrected chi connectivity index (χ3v) is 5.08. The van der Waals surface area contributed by atoms with E-state index < -0.39 is 0 Å². The topological polar surface area (TPSA) is 51.9 Å². The first-order valence-corrected chi connectivity index (χ1v) is 9.75. The predicted octanol–water partition coefficient (Wildman–Crippen LogP) is 3.95. The molecule has 0 aliphatic carbocycles. The zero-order valence-electron chi connectivity index (χ0n) is 16.4. The van der Waals surface area contributed by atoms with Gasteiger partial charge in [0.2, 0.25) is 0 Å². The fourth-order valence-corrected chi connectivity index (χ4v) is 3.45. The van der Waals surface area contributed by atoms with Gasteiger partial charge in [-0.15, -0.1) is 0 Å². The molecule has 0 amide bonds. The van der Waals surface area contributed by atoms with E-state index in [1.54, 1.807) is 25.3 Å². The molecule has 2 heterocycles. The molecule has 1 aliphatic heterocycles. The predicted molar refractivity (Wildman–Crippen MR) is 113 cm³/mol. The normalized spacial score (nSPS) is 13.8. The first kappa shape index (κ1) is 19.1. The molecule has 148 valence electrons. The highest BCUT2D eigenvalue weighted by molar-refractivity contribution is 5.82. The monoisotopic (exact) mass is 389 g/mol. The van der Waals surface area contributed by atoms with Crippen molar-refractivity contribution in [2.75, 3.05) is 33.4 Å². The molecule has 0 atom stereocenters. The molecule has 3 aromatic rings. The molecule has 5 nitrogen and oxygen atoms in total. The van der Waals surface area contributed by atoms with Crippen LogP contribution in [-0.4, -0.2) is 38.3 Å². The van der Waals surface area contributed by atoms with Gasteiger partial charge in [0, 0.05) is 6.07 Å². The molecule has 1 saturated heterocycles. The number of hydrogen-bond donors (Lipinski definition) is 0. The lowest BCUT2D eigenvalue weighted by Gasteiger charge is -2.08. The fourth-order valence-electron chi connectivity index (χ4n) is 3.45. The molecule has 5 heteroatoms. The number of benzene rings is 2. The van der Waals surface area contributed by atoms with Gasteiger partial charge in [-0.25, -0.2) is 0 Å². The number of likely N-dealkylation sites (tertiary alicyclic amines) is 1. The van der Waals surface area contributed by atoms with Crippen LogP contribution in [0.4, 0.5) is 0 Å². The molecule has 29 heavy (non-hydrogen) atoms. The van der Waals surface area contributed by atoms with Crippen molar-refractivity contribution in [3.63, 3.8) is 0 Å². The number of nitrogens with zero attached hydrogens (tertiary/aromatic N) is 1. The Kier molecular flexibility index (Phi) is 5.83. The number of hydrogen-bond acceptors (Lipinski definition) is 5. The SMILES string of the molecule is COc1ccc(-c2coc3cc(OCC#CCN4CCCC4)ccc3c2=O)cc1. The quantitative estimate of drug-likeness (QED) is 0.619. The van der Waals surface area contributed by atoms with Crippen molar-refractivity contribution in [3.8, 4) is 34.5 Å². The van der Waals surface area contributed by atoms with E-state index in [9.17, 15) is 4.79 Å². The third kappa shape index (κ3) is 4.44. The lowest BCUT2D eigenvalue weighted by molar-refractivity contribution is 0.367. The Labute approximate surface area is 169 Å². The smallest absolute Gasteiger partial charge is 0.200 e. The van der Waals surface area contributed by atoms with Crippen LogP contribution in [0.25, 0.3) is 22.1 Å². The molecule has 0 bridgehead atoms. The molecule has 4 rings (SSSR count). The number of rotatable bonds is 5. The van der Waals surface area contributed by atoms with E-state index in [2.05, 4.69) is 16.7 Å². The summed E-state index contributed by atoms with van der Waals surface area (Å²) >= 11 is 0. The molecule has 1 fully saturated rings. The summed E-state index contributed by atoms with van der Waals surface area (Å²) in [6, 6.07) is 12.6. The van der Waals surface area contributed by atoms with Gasteiger partial charge in [0.1, 0.15) is 30.0 Å². The average Bonchev–Trinajstić information content (AvgIpc) is 3.27. The minimum Gasteiger partial charge on any atom is -0.497 e. The van der Waals surface area contributed by atoms with E-state index in [0.29, 0.717) is 28.9 Å². The molecule has 0 N–H and O–H groups in total. The first-order chi connectivity index (χ1) is 14.2. The molecule has 2 aromatic carbocycles. The van der Waals surface area contributed by atoms with Crippen molar-refractivity contribution in [2.24, 2.45) is 0 Å². The van der Waals surface area contributed by atoms with Crippen LogP contribution in [0.2, 0.25) is 0 Å². The largest absolute Gasteiger partial charge is 0.497 e. The van der Waals surface area contributed by atoms with Gasteiger partial charge in [-0.1, -0.05) is 24.0 Å².